The fourth-order valence-electron chi connectivity index (χ4n) is 1.65. The van der Waals surface area contributed by atoms with Gasteiger partial charge in [-0.1, -0.05) is 17.3 Å². The number of rotatable bonds is 3. The summed E-state index contributed by atoms with van der Waals surface area (Å²) in [6.07, 6.45) is 0. The van der Waals surface area contributed by atoms with Crippen molar-refractivity contribution < 1.29 is 28.0 Å². The van der Waals surface area contributed by atoms with Gasteiger partial charge in [0.25, 0.3) is 5.76 Å². The zero-order valence-corrected chi connectivity index (χ0v) is 10.7. The van der Waals surface area contributed by atoms with E-state index in [0.29, 0.717) is 0 Å². The summed E-state index contributed by atoms with van der Waals surface area (Å²) >= 11 is 0. The van der Waals surface area contributed by atoms with Crippen molar-refractivity contribution in [2.75, 3.05) is 14.2 Å². The van der Waals surface area contributed by atoms with E-state index in [1.54, 1.807) is 0 Å². The summed E-state index contributed by atoms with van der Waals surface area (Å²) in [7, 11) is 2.28. The third-order valence-corrected chi connectivity index (χ3v) is 2.55. The fourth-order valence-corrected chi connectivity index (χ4v) is 1.65. The Hall–Kier alpha value is -2.70. The molecule has 2 aromatic rings. The molecule has 0 fully saturated rings. The van der Waals surface area contributed by atoms with E-state index in [1.807, 2.05) is 0 Å². The number of carbonyl (C=O) groups excluding carboxylic acids is 2. The van der Waals surface area contributed by atoms with Gasteiger partial charge in [0.05, 0.1) is 14.2 Å². The number of ether oxygens (including phenoxy) is 2. The third-order valence-electron chi connectivity index (χ3n) is 2.55. The van der Waals surface area contributed by atoms with Crippen molar-refractivity contribution in [2.24, 2.45) is 0 Å². The van der Waals surface area contributed by atoms with E-state index >= 15 is 0 Å². The maximum atomic E-state index is 13.2. The van der Waals surface area contributed by atoms with Gasteiger partial charge in [0.1, 0.15) is 17.1 Å². The average molecular weight is 279 g/mol. The summed E-state index contributed by atoms with van der Waals surface area (Å²) in [4.78, 5) is 23.3. The van der Waals surface area contributed by atoms with Crippen molar-refractivity contribution >= 4 is 11.9 Å². The lowest BCUT2D eigenvalue weighted by Crippen LogP contribution is -2.10. The molecule has 0 atom stereocenters. The van der Waals surface area contributed by atoms with Gasteiger partial charge in [-0.15, -0.1) is 0 Å². The van der Waals surface area contributed by atoms with E-state index in [9.17, 15) is 14.0 Å². The van der Waals surface area contributed by atoms with Crippen LogP contribution in [0.25, 0.3) is 11.3 Å². The van der Waals surface area contributed by atoms with Crippen molar-refractivity contribution in [3.8, 4) is 11.3 Å². The number of nitrogens with zero attached hydrogens (tertiary/aromatic N) is 1. The summed E-state index contributed by atoms with van der Waals surface area (Å²) in [5.41, 5.74) is 0.0889. The number of benzene rings is 1. The van der Waals surface area contributed by atoms with Crippen LogP contribution in [0.2, 0.25) is 0 Å². The molecule has 0 aliphatic heterocycles. The molecule has 1 heterocycles. The summed E-state index contributed by atoms with van der Waals surface area (Å²) in [6.45, 7) is 0. The van der Waals surface area contributed by atoms with E-state index in [0.717, 1.165) is 20.3 Å². The summed E-state index contributed by atoms with van der Waals surface area (Å²) in [5.74, 6) is -2.61. The van der Waals surface area contributed by atoms with Crippen LogP contribution in [-0.4, -0.2) is 31.3 Å². The highest BCUT2D eigenvalue weighted by Gasteiger charge is 2.29. The van der Waals surface area contributed by atoms with Gasteiger partial charge < -0.3 is 14.0 Å². The molecule has 0 radical (unpaired) electrons. The second-order valence-corrected chi connectivity index (χ2v) is 3.73. The van der Waals surface area contributed by atoms with Crippen molar-refractivity contribution in [1.82, 2.24) is 5.16 Å². The first-order valence-corrected chi connectivity index (χ1v) is 5.50. The van der Waals surface area contributed by atoms with Gasteiger partial charge in [-0.2, -0.15) is 0 Å². The molecule has 1 aromatic heterocycles. The normalized spacial score (nSPS) is 10.2. The van der Waals surface area contributed by atoms with Gasteiger partial charge in [-0.3, -0.25) is 0 Å². The molecule has 1 aromatic carbocycles. The summed E-state index contributed by atoms with van der Waals surface area (Å²) in [6, 6.07) is 5.36. The monoisotopic (exact) mass is 279 g/mol. The predicted molar refractivity (Wildman–Crippen MR) is 64.6 cm³/mol. The van der Waals surface area contributed by atoms with Crippen molar-refractivity contribution in [3.05, 3.63) is 41.4 Å². The lowest BCUT2D eigenvalue weighted by atomic mass is 10.1. The molecule has 2 rings (SSSR count). The first kappa shape index (κ1) is 13.7. The minimum atomic E-state index is -0.874. The maximum absolute atomic E-state index is 13.2. The number of hydrogen-bond acceptors (Lipinski definition) is 6. The first-order valence-electron chi connectivity index (χ1n) is 5.50. The lowest BCUT2D eigenvalue weighted by molar-refractivity contribution is 0.0521. The maximum Gasteiger partial charge on any atom is 0.377 e. The average Bonchev–Trinajstić information content (AvgIpc) is 2.90. The Kier molecular flexibility index (Phi) is 3.79. The minimum Gasteiger partial charge on any atom is -0.465 e. The summed E-state index contributed by atoms with van der Waals surface area (Å²) < 4.78 is 27.1. The van der Waals surface area contributed by atoms with E-state index < -0.39 is 23.5 Å². The molecule has 0 amide bonds. The standard InChI is InChI=1S/C13H10FNO5/c1-18-12(16)9-10(7-4-3-5-8(14)6-7)15-20-11(9)13(17)19-2/h3-6H,1-2H3. The fraction of sp³-hybridized carbons (Fsp3) is 0.154. The predicted octanol–water partition coefficient (Wildman–Crippen LogP) is 2.05. The van der Waals surface area contributed by atoms with Crippen molar-refractivity contribution in [2.45, 2.75) is 0 Å². The van der Waals surface area contributed by atoms with Gasteiger partial charge in [-0.25, -0.2) is 14.0 Å². The molecule has 20 heavy (non-hydrogen) atoms. The second kappa shape index (κ2) is 5.52. The van der Waals surface area contributed by atoms with E-state index in [1.165, 1.54) is 18.2 Å². The van der Waals surface area contributed by atoms with Crippen LogP contribution in [0.4, 0.5) is 4.39 Å². The first-order chi connectivity index (χ1) is 9.58. The van der Waals surface area contributed by atoms with Crippen LogP contribution in [-0.2, 0) is 9.47 Å². The van der Waals surface area contributed by atoms with Gasteiger partial charge in [-0.05, 0) is 12.1 Å². The molecule has 0 aliphatic carbocycles. The molecule has 0 unspecified atom stereocenters. The number of aromatic nitrogens is 1. The Morgan fingerprint density at radius 3 is 2.50 bits per heavy atom. The molecule has 6 nitrogen and oxygen atoms in total. The molecule has 0 N–H and O–H groups in total. The molecule has 0 saturated heterocycles. The highest BCUT2D eigenvalue weighted by Crippen LogP contribution is 2.27. The van der Waals surface area contributed by atoms with Crippen molar-refractivity contribution in [1.29, 1.82) is 0 Å². The summed E-state index contributed by atoms with van der Waals surface area (Å²) in [5, 5.41) is 3.62. The second-order valence-electron chi connectivity index (χ2n) is 3.73. The van der Waals surface area contributed by atoms with Crippen LogP contribution >= 0.6 is 0 Å². The number of esters is 2. The molecule has 0 bridgehead atoms. The number of hydrogen-bond donors (Lipinski definition) is 0. The van der Waals surface area contributed by atoms with E-state index in [2.05, 4.69) is 14.6 Å². The van der Waals surface area contributed by atoms with E-state index in [-0.39, 0.29) is 16.8 Å². The smallest absolute Gasteiger partial charge is 0.377 e. The zero-order chi connectivity index (χ0) is 14.7. The number of methoxy groups -OCH3 is 2. The van der Waals surface area contributed by atoms with Crippen LogP contribution in [0.15, 0.2) is 28.8 Å². The Morgan fingerprint density at radius 1 is 1.20 bits per heavy atom. The Morgan fingerprint density at radius 2 is 1.90 bits per heavy atom. The number of carbonyl (C=O) groups is 2. The Labute approximate surface area is 113 Å². The highest BCUT2D eigenvalue weighted by atomic mass is 19.1. The SMILES string of the molecule is COC(=O)c1onc(-c2cccc(F)c2)c1C(=O)OC. The largest absolute Gasteiger partial charge is 0.465 e. The molecule has 0 aliphatic rings. The molecule has 0 saturated carbocycles. The van der Waals surface area contributed by atoms with Crippen LogP contribution < -0.4 is 0 Å². The van der Waals surface area contributed by atoms with Crippen LogP contribution in [0.1, 0.15) is 20.9 Å². The van der Waals surface area contributed by atoms with E-state index in [4.69, 9.17) is 4.52 Å². The van der Waals surface area contributed by atoms with Crippen molar-refractivity contribution in [3.63, 3.8) is 0 Å². The molecule has 0 spiro atoms. The molecule has 7 heteroatoms. The third kappa shape index (κ3) is 2.37. The quantitative estimate of drug-likeness (QED) is 0.800. The van der Waals surface area contributed by atoms with Gasteiger partial charge in [0, 0.05) is 5.56 Å². The minimum absolute atomic E-state index is 0.0109. The lowest BCUT2D eigenvalue weighted by Gasteiger charge is -2.01. The number of halogens is 1. The van der Waals surface area contributed by atoms with Crippen LogP contribution in [0.3, 0.4) is 0 Å². The topological polar surface area (TPSA) is 78.6 Å². The molecule has 104 valence electrons. The highest BCUT2D eigenvalue weighted by molar-refractivity contribution is 6.05. The molecular weight excluding hydrogens is 269 g/mol. The zero-order valence-electron chi connectivity index (χ0n) is 10.7. The van der Waals surface area contributed by atoms with Gasteiger partial charge in [0.2, 0.25) is 0 Å². The van der Waals surface area contributed by atoms with Crippen LogP contribution in [0, 0.1) is 5.82 Å². The Balaban J connectivity index is 2.62. The Bertz CT molecular complexity index is 665. The van der Waals surface area contributed by atoms with Gasteiger partial charge >= 0.3 is 11.9 Å². The van der Waals surface area contributed by atoms with Crippen LogP contribution in [0.5, 0.6) is 0 Å². The van der Waals surface area contributed by atoms with Gasteiger partial charge in [0.15, 0.2) is 0 Å². The molecular formula is C13H10FNO5.